The van der Waals surface area contributed by atoms with E-state index in [0.717, 1.165) is 17.4 Å². The molecule has 108 valence electrons. The number of nitrogens with zero attached hydrogens (tertiary/aromatic N) is 1. The maximum atomic E-state index is 11.0. The predicted octanol–water partition coefficient (Wildman–Crippen LogP) is 3.38. The lowest BCUT2D eigenvalue weighted by Crippen LogP contribution is -2.41. The van der Waals surface area contributed by atoms with Gasteiger partial charge in [-0.05, 0) is 12.8 Å². The van der Waals surface area contributed by atoms with Gasteiger partial charge in [-0.3, -0.25) is 4.79 Å². The van der Waals surface area contributed by atoms with Gasteiger partial charge in [0.1, 0.15) is 0 Å². The summed E-state index contributed by atoms with van der Waals surface area (Å²) in [4.78, 5) is 11.0. The van der Waals surface area contributed by atoms with E-state index in [1.54, 1.807) is 0 Å². The maximum absolute atomic E-state index is 11.0. The van der Waals surface area contributed by atoms with Crippen molar-refractivity contribution >= 4 is 5.97 Å². The molecule has 0 aromatic carbocycles. The highest BCUT2D eigenvalue weighted by Gasteiger charge is 2.14. The Morgan fingerprint density at radius 2 is 1.50 bits per heavy atom. The molecule has 0 fully saturated rings. The van der Waals surface area contributed by atoms with Crippen molar-refractivity contribution in [2.45, 2.75) is 58.3 Å². The number of carbonyl (C=O) groups is 1. The van der Waals surface area contributed by atoms with Gasteiger partial charge in [-0.2, -0.15) is 0 Å². The van der Waals surface area contributed by atoms with Gasteiger partial charge in [0.05, 0.1) is 40.7 Å². The largest absolute Gasteiger partial charge is 0.469 e. The van der Waals surface area contributed by atoms with Gasteiger partial charge >= 0.3 is 5.97 Å². The van der Waals surface area contributed by atoms with Crippen molar-refractivity contribution in [1.29, 1.82) is 0 Å². The van der Waals surface area contributed by atoms with E-state index >= 15 is 0 Å². The van der Waals surface area contributed by atoms with E-state index in [9.17, 15) is 4.79 Å². The van der Waals surface area contributed by atoms with Crippen LogP contribution in [0.2, 0.25) is 0 Å². The van der Waals surface area contributed by atoms with Gasteiger partial charge in [-0.15, -0.1) is 0 Å². The van der Waals surface area contributed by atoms with E-state index in [4.69, 9.17) is 0 Å². The molecule has 0 unspecified atom stereocenters. The molecule has 3 nitrogen and oxygen atoms in total. The summed E-state index contributed by atoms with van der Waals surface area (Å²) in [6, 6.07) is 0. The highest BCUT2D eigenvalue weighted by Crippen LogP contribution is 2.09. The molecule has 0 aliphatic heterocycles. The van der Waals surface area contributed by atoms with Crippen LogP contribution in [-0.4, -0.2) is 44.7 Å². The van der Waals surface area contributed by atoms with Crippen LogP contribution in [0.25, 0.3) is 0 Å². The number of hydrogen-bond donors (Lipinski definition) is 0. The lowest BCUT2D eigenvalue weighted by Gasteiger charge is -2.29. The second kappa shape index (κ2) is 10.4. The van der Waals surface area contributed by atoms with E-state index in [1.807, 2.05) is 0 Å². The summed E-state index contributed by atoms with van der Waals surface area (Å²) >= 11 is 0. The Balaban J connectivity index is 3.51. The van der Waals surface area contributed by atoms with Gasteiger partial charge in [0, 0.05) is 6.42 Å². The Labute approximate surface area is 113 Å². The first-order chi connectivity index (χ1) is 8.52. The first kappa shape index (κ1) is 17.4. The monoisotopic (exact) mass is 258 g/mol. The third-order valence-electron chi connectivity index (χ3n) is 3.49. The Bertz CT molecular complexity index is 215. The summed E-state index contributed by atoms with van der Waals surface area (Å²) in [6.45, 7) is 4.53. The van der Waals surface area contributed by atoms with Gasteiger partial charge in [-0.1, -0.05) is 32.6 Å². The molecule has 3 heteroatoms. The van der Waals surface area contributed by atoms with Crippen LogP contribution in [0.15, 0.2) is 0 Å². The molecule has 0 rings (SSSR count). The molecule has 0 N–H and O–H groups in total. The number of methoxy groups -OCH3 is 1. The second-order valence-electron chi connectivity index (χ2n) is 5.83. The van der Waals surface area contributed by atoms with E-state index in [2.05, 4.69) is 25.8 Å². The SMILES string of the molecule is CCCCCCCC[N+](C)(C)CCCC(=O)OC. The minimum atomic E-state index is -0.0884. The number of hydrogen-bond acceptors (Lipinski definition) is 2. The molecule has 0 bridgehead atoms. The van der Waals surface area contributed by atoms with Crippen molar-refractivity contribution in [3.05, 3.63) is 0 Å². The summed E-state index contributed by atoms with van der Waals surface area (Å²) in [6.07, 6.45) is 9.56. The summed E-state index contributed by atoms with van der Waals surface area (Å²) in [5.41, 5.74) is 0. The van der Waals surface area contributed by atoms with Crippen LogP contribution in [0.4, 0.5) is 0 Å². The van der Waals surface area contributed by atoms with Crippen molar-refractivity contribution in [2.24, 2.45) is 0 Å². The molecular formula is C15H32NO2+. The molecule has 0 amide bonds. The molecule has 0 heterocycles. The lowest BCUT2D eigenvalue weighted by molar-refractivity contribution is -0.890. The van der Waals surface area contributed by atoms with Gasteiger partial charge in [0.2, 0.25) is 0 Å². The van der Waals surface area contributed by atoms with Crippen LogP contribution >= 0.6 is 0 Å². The fourth-order valence-electron chi connectivity index (χ4n) is 2.19. The lowest BCUT2D eigenvalue weighted by atomic mass is 10.1. The Morgan fingerprint density at radius 3 is 2.11 bits per heavy atom. The zero-order valence-electron chi connectivity index (χ0n) is 12.8. The number of rotatable bonds is 11. The molecule has 0 saturated heterocycles. The van der Waals surface area contributed by atoms with Crippen molar-refractivity contribution in [2.75, 3.05) is 34.3 Å². The number of quaternary nitrogens is 1. The van der Waals surface area contributed by atoms with Gasteiger partial charge in [-0.25, -0.2) is 0 Å². The van der Waals surface area contributed by atoms with Gasteiger partial charge < -0.3 is 9.22 Å². The average molecular weight is 258 g/mol. The minimum Gasteiger partial charge on any atom is -0.469 e. The van der Waals surface area contributed by atoms with E-state index in [0.29, 0.717) is 6.42 Å². The molecule has 18 heavy (non-hydrogen) atoms. The van der Waals surface area contributed by atoms with E-state index < -0.39 is 0 Å². The Hall–Kier alpha value is -0.570. The molecule has 0 atom stereocenters. The highest BCUT2D eigenvalue weighted by atomic mass is 16.5. The number of unbranched alkanes of at least 4 members (excludes halogenated alkanes) is 5. The average Bonchev–Trinajstić information content (AvgIpc) is 2.33. The minimum absolute atomic E-state index is 0.0884. The van der Waals surface area contributed by atoms with Crippen LogP contribution in [0.3, 0.4) is 0 Å². The van der Waals surface area contributed by atoms with Crippen LogP contribution in [0, 0.1) is 0 Å². The smallest absolute Gasteiger partial charge is 0.305 e. The number of carbonyl (C=O) groups excluding carboxylic acids is 1. The van der Waals surface area contributed by atoms with Crippen molar-refractivity contribution in [3.8, 4) is 0 Å². The Kier molecular flexibility index (Phi) is 10.0. The predicted molar refractivity (Wildman–Crippen MR) is 76.5 cm³/mol. The first-order valence-electron chi connectivity index (χ1n) is 7.40. The van der Waals surface area contributed by atoms with Crippen LogP contribution in [-0.2, 0) is 9.53 Å². The third-order valence-corrected chi connectivity index (χ3v) is 3.49. The topological polar surface area (TPSA) is 26.3 Å². The molecular weight excluding hydrogens is 226 g/mol. The molecule has 0 aliphatic carbocycles. The highest BCUT2D eigenvalue weighted by molar-refractivity contribution is 5.68. The molecule has 0 aromatic rings. The second-order valence-corrected chi connectivity index (χ2v) is 5.83. The quantitative estimate of drug-likeness (QED) is 0.323. The van der Waals surface area contributed by atoms with Crippen molar-refractivity contribution < 1.29 is 14.0 Å². The summed E-state index contributed by atoms with van der Waals surface area (Å²) in [7, 11) is 5.96. The first-order valence-corrected chi connectivity index (χ1v) is 7.40. The molecule has 0 saturated carbocycles. The van der Waals surface area contributed by atoms with Crippen molar-refractivity contribution in [3.63, 3.8) is 0 Å². The molecule has 0 spiro atoms. The van der Waals surface area contributed by atoms with Crippen LogP contribution in [0.5, 0.6) is 0 Å². The fourth-order valence-corrected chi connectivity index (χ4v) is 2.19. The molecule has 0 radical (unpaired) electrons. The summed E-state index contributed by atoms with van der Waals surface area (Å²) < 4.78 is 5.67. The Morgan fingerprint density at radius 1 is 0.944 bits per heavy atom. The fraction of sp³-hybridized carbons (Fsp3) is 0.933. The van der Waals surface area contributed by atoms with Gasteiger partial charge in [0.25, 0.3) is 0 Å². The molecule has 0 aromatic heterocycles. The van der Waals surface area contributed by atoms with Gasteiger partial charge in [0.15, 0.2) is 0 Å². The standard InChI is InChI=1S/C15H32NO2/c1-5-6-7-8-9-10-13-16(2,3)14-11-12-15(17)18-4/h5-14H2,1-4H3/q+1. The van der Waals surface area contributed by atoms with Crippen molar-refractivity contribution in [1.82, 2.24) is 0 Å². The number of ether oxygens (including phenoxy) is 1. The zero-order valence-corrected chi connectivity index (χ0v) is 12.8. The van der Waals surface area contributed by atoms with Crippen LogP contribution < -0.4 is 0 Å². The molecule has 0 aliphatic rings. The normalized spacial score (nSPS) is 11.6. The van der Waals surface area contributed by atoms with Crippen LogP contribution in [0.1, 0.15) is 58.3 Å². The number of esters is 1. The zero-order chi connectivity index (χ0) is 13.9. The summed E-state index contributed by atoms with van der Waals surface area (Å²) in [5, 5.41) is 0. The van der Waals surface area contributed by atoms with E-state index in [1.165, 1.54) is 52.2 Å². The maximum Gasteiger partial charge on any atom is 0.305 e. The summed E-state index contributed by atoms with van der Waals surface area (Å²) in [5.74, 6) is -0.0884. The third kappa shape index (κ3) is 10.6. The van der Waals surface area contributed by atoms with E-state index in [-0.39, 0.29) is 5.97 Å².